The minimum absolute atomic E-state index is 0.00993. The van der Waals surface area contributed by atoms with Crippen LogP contribution in [0.4, 0.5) is 8.78 Å². The summed E-state index contributed by atoms with van der Waals surface area (Å²) in [7, 11) is 1.18. The van der Waals surface area contributed by atoms with Crippen LogP contribution in [-0.2, 0) is 29.2 Å². The molecular weight excluding hydrogens is 504 g/mol. The molecule has 0 radical (unpaired) electrons. The standard InChI is InChI=1S/C31H27F2NO5/c1-37-31(36)26(34-30(35)24-13-8-14-25(32)29(24)33)17-23-15-16-27(38-19-21-9-4-2-5-10-21)28(18-23)39-20-22-11-6-3-7-12-22/h2-16,18,26H,17,19-20H2,1H3,(H,34,35)/t26-/m1/s1. The molecule has 0 unspecified atom stereocenters. The third-order valence-electron chi connectivity index (χ3n) is 5.91. The van der Waals surface area contributed by atoms with Crippen LogP contribution in [0.3, 0.4) is 0 Å². The number of amides is 1. The average Bonchev–Trinajstić information content (AvgIpc) is 2.97. The molecule has 0 saturated heterocycles. The van der Waals surface area contributed by atoms with E-state index in [1.165, 1.54) is 13.2 Å². The summed E-state index contributed by atoms with van der Waals surface area (Å²) in [6.07, 6.45) is 0.00993. The Morgan fingerprint density at radius 3 is 1.97 bits per heavy atom. The molecule has 0 saturated carbocycles. The van der Waals surface area contributed by atoms with Crippen LogP contribution in [0.5, 0.6) is 11.5 Å². The van der Waals surface area contributed by atoms with Crippen molar-refractivity contribution in [3.05, 3.63) is 131 Å². The van der Waals surface area contributed by atoms with Crippen LogP contribution in [0.25, 0.3) is 0 Å². The SMILES string of the molecule is COC(=O)[C@@H](Cc1ccc(OCc2ccccc2)c(OCc2ccccc2)c1)NC(=O)c1cccc(F)c1F. The molecule has 0 aliphatic rings. The molecule has 200 valence electrons. The molecule has 8 heteroatoms. The van der Waals surface area contributed by atoms with Crippen molar-refractivity contribution in [2.45, 2.75) is 25.7 Å². The fourth-order valence-corrected chi connectivity index (χ4v) is 3.87. The van der Waals surface area contributed by atoms with Crippen molar-refractivity contribution in [2.75, 3.05) is 7.11 Å². The number of nitrogens with one attached hydrogen (secondary N) is 1. The molecule has 6 nitrogen and oxygen atoms in total. The van der Waals surface area contributed by atoms with E-state index in [9.17, 15) is 18.4 Å². The summed E-state index contributed by atoms with van der Waals surface area (Å²) < 4.78 is 44.7. The van der Waals surface area contributed by atoms with E-state index in [-0.39, 0.29) is 13.0 Å². The number of benzene rings is 4. The van der Waals surface area contributed by atoms with Crippen molar-refractivity contribution in [3.63, 3.8) is 0 Å². The fraction of sp³-hybridized carbons (Fsp3) is 0.161. The lowest BCUT2D eigenvalue weighted by Gasteiger charge is -2.19. The van der Waals surface area contributed by atoms with Crippen molar-refractivity contribution in [1.82, 2.24) is 5.32 Å². The smallest absolute Gasteiger partial charge is 0.328 e. The number of esters is 1. The summed E-state index contributed by atoms with van der Waals surface area (Å²) in [6.45, 7) is 0.601. The van der Waals surface area contributed by atoms with E-state index in [2.05, 4.69) is 5.32 Å². The van der Waals surface area contributed by atoms with Gasteiger partial charge in [-0.05, 0) is 41.0 Å². The van der Waals surface area contributed by atoms with Crippen LogP contribution in [-0.4, -0.2) is 25.0 Å². The Bertz CT molecular complexity index is 1410. The first-order chi connectivity index (χ1) is 18.9. The van der Waals surface area contributed by atoms with Gasteiger partial charge in [0.25, 0.3) is 5.91 Å². The summed E-state index contributed by atoms with van der Waals surface area (Å²) in [5, 5.41) is 2.45. The van der Waals surface area contributed by atoms with Crippen molar-refractivity contribution in [1.29, 1.82) is 0 Å². The lowest BCUT2D eigenvalue weighted by atomic mass is 10.0. The van der Waals surface area contributed by atoms with Crippen LogP contribution in [0, 0.1) is 11.6 Å². The maximum Gasteiger partial charge on any atom is 0.328 e. The monoisotopic (exact) mass is 531 g/mol. The number of rotatable bonds is 11. The van der Waals surface area contributed by atoms with Gasteiger partial charge >= 0.3 is 5.97 Å². The molecule has 0 bridgehead atoms. The lowest BCUT2D eigenvalue weighted by molar-refractivity contribution is -0.142. The molecule has 4 aromatic carbocycles. The predicted molar refractivity (Wildman–Crippen MR) is 141 cm³/mol. The maximum absolute atomic E-state index is 14.1. The minimum Gasteiger partial charge on any atom is -0.485 e. The minimum atomic E-state index is -1.30. The molecule has 39 heavy (non-hydrogen) atoms. The molecule has 0 spiro atoms. The Balaban J connectivity index is 1.55. The predicted octanol–water partition coefficient (Wildman–Crippen LogP) is 5.64. The first kappa shape index (κ1) is 27.3. The van der Waals surface area contributed by atoms with Gasteiger partial charge in [-0.2, -0.15) is 0 Å². The highest BCUT2D eigenvalue weighted by molar-refractivity contribution is 5.97. The Morgan fingerprint density at radius 2 is 1.36 bits per heavy atom. The molecule has 1 atom stereocenters. The summed E-state index contributed by atoms with van der Waals surface area (Å²) in [5.74, 6) is -3.20. The Morgan fingerprint density at radius 1 is 0.744 bits per heavy atom. The second-order valence-corrected chi connectivity index (χ2v) is 8.68. The quantitative estimate of drug-likeness (QED) is 0.254. The van der Waals surface area contributed by atoms with E-state index >= 15 is 0 Å². The zero-order valence-corrected chi connectivity index (χ0v) is 21.2. The molecule has 1 N–H and O–H groups in total. The van der Waals surface area contributed by atoms with Gasteiger partial charge in [-0.1, -0.05) is 72.8 Å². The summed E-state index contributed by atoms with van der Waals surface area (Å²) in [5.41, 5.74) is 2.04. The van der Waals surface area contributed by atoms with Crippen molar-refractivity contribution < 1.29 is 32.6 Å². The molecule has 0 fully saturated rings. The lowest BCUT2D eigenvalue weighted by Crippen LogP contribution is -2.43. The van der Waals surface area contributed by atoms with Gasteiger partial charge in [0.05, 0.1) is 12.7 Å². The molecule has 0 aliphatic carbocycles. The largest absolute Gasteiger partial charge is 0.485 e. The van der Waals surface area contributed by atoms with E-state index in [0.29, 0.717) is 23.7 Å². The second kappa shape index (κ2) is 13.2. The van der Waals surface area contributed by atoms with E-state index in [0.717, 1.165) is 23.3 Å². The molecule has 4 aromatic rings. The van der Waals surface area contributed by atoms with Gasteiger partial charge in [-0.3, -0.25) is 4.79 Å². The number of carbonyl (C=O) groups excluding carboxylic acids is 2. The summed E-state index contributed by atoms with van der Waals surface area (Å²) in [4.78, 5) is 25.2. The summed E-state index contributed by atoms with van der Waals surface area (Å²) in [6, 6.07) is 26.5. The maximum atomic E-state index is 14.1. The van der Waals surface area contributed by atoms with Gasteiger partial charge in [0.2, 0.25) is 0 Å². The molecule has 0 aliphatic heterocycles. The Kier molecular flexibility index (Phi) is 9.24. The fourth-order valence-electron chi connectivity index (χ4n) is 3.87. The number of halogens is 2. The van der Waals surface area contributed by atoms with Gasteiger partial charge in [-0.15, -0.1) is 0 Å². The number of carbonyl (C=O) groups is 2. The van der Waals surface area contributed by atoms with E-state index in [1.807, 2.05) is 60.7 Å². The Labute approximate surface area is 225 Å². The number of methoxy groups -OCH3 is 1. The zero-order chi connectivity index (χ0) is 27.6. The first-order valence-electron chi connectivity index (χ1n) is 12.2. The Hall–Kier alpha value is -4.72. The molecule has 4 rings (SSSR count). The van der Waals surface area contributed by atoms with Gasteiger partial charge in [-0.25, -0.2) is 13.6 Å². The molecule has 0 aromatic heterocycles. The van der Waals surface area contributed by atoms with E-state index < -0.39 is 35.1 Å². The van der Waals surface area contributed by atoms with Gasteiger partial charge in [0, 0.05) is 6.42 Å². The third-order valence-corrected chi connectivity index (χ3v) is 5.91. The normalized spacial score (nSPS) is 11.4. The molecular formula is C31H27F2NO5. The van der Waals surface area contributed by atoms with Crippen LogP contribution in [0.15, 0.2) is 97.1 Å². The zero-order valence-electron chi connectivity index (χ0n) is 21.2. The van der Waals surface area contributed by atoms with Crippen LogP contribution in [0.1, 0.15) is 27.0 Å². The first-order valence-corrected chi connectivity index (χ1v) is 12.2. The number of hydrogen-bond donors (Lipinski definition) is 1. The third kappa shape index (κ3) is 7.41. The van der Waals surface area contributed by atoms with Crippen LogP contribution in [0.2, 0.25) is 0 Å². The van der Waals surface area contributed by atoms with E-state index in [1.54, 1.807) is 18.2 Å². The van der Waals surface area contributed by atoms with Crippen molar-refractivity contribution >= 4 is 11.9 Å². The molecule has 1 amide bonds. The second-order valence-electron chi connectivity index (χ2n) is 8.68. The highest BCUT2D eigenvalue weighted by Crippen LogP contribution is 2.31. The van der Waals surface area contributed by atoms with Gasteiger partial charge < -0.3 is 19.5 Å². The molecule has 0 heterocycles. The average molecular weight is 532 g/mol. The van der Waals surface area contributed by atoms with E-state index in [4.69, 9.17) is 14.2 Å². The van der Waals surface area contributed by atoms with Gasteiger partial charge in [0.1, 0.15) is 19.3 Å². The van der Waals surface area contributed by atoms with Crippen LogP contribution >= 0.6 is 0 Å². The number of hydrogen-bond acceptors (Lipinski definition) is 5. The van der Waals surface area contributed by atoms with Crippen LogP contribution < -0.4 is 14.8 Å². The summed E-state index contributed by atoms with van der Waals surface area (Å²) >= 11 is 0. The van der Waals surface area contributed by atoms with Crippen molar-refractivity contribution in [3.8, 4) is 11.5 Å². The van der Waals surface area contributed by atoms with Crippen molar-refractivity contribution in [2.24, 2.45) is 0 Å². The number of ether oxygens (including phenoxy) is 3. The highest BCUT2D eigenvalue weighted by Gasteiger charge is 2.25. The van der Waals surface area contributed by atoms with Gasteiger partial charge in [0.15, 0.2) is 23.1 Å². The topological polar surface area (TPSA) is 73.9 Å². The highest BCUT2D eigenvalue weighted by atomic mass is 19.2.